The zero-order valence-corrected chi connectivity index (χ0v) is 22.4. The molecule has 0 aliphatic carbocycles. The lowest BCUT2D eigenvalue weighted by Gasteiger charge is -2.18. The molecule has 0 aliphatic rings. The van der Waals surface area contributed by atoms with Crippen LogP contribution in [0.3, 0.4) is 0 Å². The summed E-state index contributed by atoms with van der Waals surface area (Å²) >= 11 is 1.75. The molecule has 5 nitrogen and oxygen atoms in total. The molecular weight excluding hydrogens is 468 g/mol. The van der Waals surface area contributed by atoms with Gasteiger partial charge >= 0.3 is 10.1 Å². The van der Waals surface area contributed by atoms with Gasteiger partial charge in [-0.2, -0.15) is 8.42 Å². The van der Waals surface area contributed by atoms with Crippen LogP contribution in [-0.4, -0.2) is 27.1 Å². The summed E-state index contributed by atoms with van der Waals surface area (Å²) in [5.41, 5.74) is 1.88. The standard InChI is InChI=1S/C27H34O5S2/c1-7-20(25-16-21-15-22(32-34(6,29)30)11-13-24(21)33-25)10-8-19-9-12-23(18(2)14-19)31-17-26(28)27(3,4)5/h9,11-16,20H,7-8,10,17H2,1-6H3. The molecule has 0 fully saturated rings. The van der Waals surface area contributed by atoms with Crippen molar-refractivity contribution in [1.82, 2.24) is 0 Å². The van der Waals surface area contributed by atoms with Crippen molar-refractivity contribution < 1.29 is 22.1 Å². The molecule has 0 aliphatic heterocycles. The second kappa shape index (κ2) is 10.5. The first kappa shape index (κ1) is 26.2. The van der Waals surface area contributed by atoms with Crippen molar-refractivity contribution >= 4 is 37.3 Å². The Morgan fingerprint density at radius 2 is 1.82 bits per heavy atom. The lowest BCUT2D eigenvalue weighted by Crippen LogP contribution is -2.26. The summed E-state index contributed by atoms with van der Waals surface area (Å²) in [5, 5.41) is 1.00. The van der Waals surface area contributed by atoms with Crippen LogP contribution in [0, 0.1) is 12.3 Å². The van der Waals surface area contributed by atoms with Gasteiger partial charge in [0.05, 0.1) is 6.26 Å². The number of ether oxygens (including phenoxy) is 1. The maximum Gasteiger partial charge on any atom is 0.306 e. The summed E-state index contributed by atoms with van der Waals surface area (Å²) in [4.78, 5) is 13.4. The van der Waals surface area contributed by atoms with E-state index in [2.05, 4.69) is 25.1 Å². The normalized spacial score (nSPS) is 13.1. The third kappa shape index (κ3) is 7.06. The number of aryl methyl sites for hydroxylation is 2. The molecule has 1 aromatic heterocycles. The van der Waals surface area contributed by atoms with Crippen LogP contribution in [0.2, 0.25) is 0 Å². The molecule has 7 heteroatoms. The van der Waals surface area contributed by atoms with E-state index in [9.17, 15) is 13.2 Å². The highest BCUT2D eigenvalue weighted by Crippen LogP contribution is 2.37. The van der Waals surface area contributed by atoms with Crippen molar-refractivity contribution in [2.75, 3.05) is 12.9 Å². The van der Waals surface area contributed by atoms with Crippen LogP contribution >= 0.6 is 11.3 Å². The minimum atomic E-state index is -3.54. The lowest BCUT2D eigenvalue weighted by molar-refractivity contribution is -0.128. The summed E-state index contributed by atoms with van der Waals surface area (Å²) < 4.78 is 34.8. The SMILES string of the molecule is CCC(CCc1ccc(OCC(=O)C(C)(C)C)c(C)c1)c1cc2cc(OS(C)(=O)=O)ccc2s1. The number of thiophene rings is 1. The Bertz CT molecular complexity index is 1270. The summed E-state index contributed by atoms with van der Waals surface area (Å²) in [6, 6.07) is 13.7. The van der Waals surface area contributed by atoms with Crippen molar-refractivity contribution in [1.29, 1.82) is 0 Å². The Balaban J connectivity index is 1.66. The highest BCUT2D eigenvalue weighted by Gasteiger charge is 2.22. The second-order valence-electron chi connectivity index (χ2n) is 9.84. The number of carbonyl (C=O) groups is 1. The third-order valence-corrected chi connectivity index (χ3v) is 7.64. The monoisotopic (exact) mass is 502 g/mol. The van der Waals surface area contributed by atoms with Gasteiger partial charge in [-0.25, -0.2) is 0 Å². The number of hydrogen-bond acceptors (Lipinski definition) is 6. The molecule has 0 bridgehead atoms. The van der Waals surface area contributed by atoms with E-state index < -0.39 is 15.5 Å². The molecule has 1 unspecified atom stereocenters. The first-order chi connectivity index (χ1) is 15.9. The van der Waals surface area contributed by atoms with E-state index in [1.807, 2.05) is 39.8 Å². The maximum absolute atomic E-state index is 12.1. The topological polar surface area (TPSA) is 69.7 Å². The fourth-order valence-electron chi connectivity index (χ4n) is 3.75. The molecule has 0 N–H and O–H groups in total. The van der Waals surface area contributed by atoms with Gasteiger partial charge < -0.3 is 8.92 Å². The van der Waals surface area contributed by atoms with Gasteiger partial charge in [-0.3, -0.25) is 4.79 Å². The van der Waals surface area contributed by atoms with Gasteiger partial charge in [-0.1, -0.05) is 39.8 Å². The van der Waals surface area contributed by atoms with Crippen molar-refractivity contribution in [3.05, 3.63) is 58.5 Å². The smallest absolute Gasteiger partial charge is 0.306 e. The minimum Gasteiger partial charge on any atom is -0.486 e. The number of Topliss-reactive ketones (excluding diaryl/α,β-unsaturated/α-hetero) is 1. The minimum absolute atomic E-state index is 0.0834. The number of ketones is 1. The molecule has 0 spiro atoms. The summed E-state index contributed by atoms with van der Waals surface area (Å²) in [6.07, 6.45) is 4.03. The van der Waals surface area contributed by atoms with Gasteiger partial charge in [0.1, 0.15) is 18.1 Å². The summed E-state index contributed by atoms with van der Waals surface area (Å²) in [7, 11) is -3.54. The van der Waals surface area contributed by atoms with Crippen LogP contribution in [-0.2, 0) is 21.3 Å². The molecule has 3 aromatic rings. The highest BCUT2D eigenvalue weighted by atomic mass is 32.2. The molecule has 0 saturated heterocycles. The van der Waals surface area contributed by atoms with E-state index in [-0.39, 0.29) is 12.4 Å². The van der Waals surface area contributed by atoms with E-state index in [0.29, 0.717) is 11.7 Å². The predicted molar refractivity (Wildman–Crippen MR) is 140 cm³/mol. The molecule has 184 valence electrons. The van der Waals surface area contributed by atoms with Crippen molar-refractivity contribution in [2.24, 2.45) is 5.41 Å². The van der Waals surface area contributed by atoms with Crippen LogP contribution in [0.1, 0.15) is 62.5 Å². The first-order valence-electron chi connectivity index (χ1n) is 11.5. The van der Waals surface area contributed by atoms with E-state index in [1.54, 1.807) is 23.5 Å². The first-order valence-corrected chi connectivity index (χ1v) is 14.2. The van der Waals surface area contributed by atoms with Crippen LogP contribution in [0.25, 0.3) is 10.1 Å². The molecule has 0 saturated carbocycles. The molecule has 0 amide bonds. The van der Waals surface area contributed by atoms with E-state index >= 15 is 0 Å². The van der Waals surface area contributed by atoms with Crippen molar-refractivity contribution in [2.45, 2.75) is 59.8 Å². The Morgan fingerprint density at radius 3 is 2.44 bits per heavy atom. The summed E-state index contributed by atoms with van der Waals surface area (Å²) in [6.45, 7) is 10.00. The second-order valence-corrected chi connectivity index (χ2v) is 12.5. The molecular formula is C27H34O5S2. The summed E-state index contributed by atoms with van der Waals surface area (Å²) in [5.74, 6) is 1.59. The third-order valence-electron chi connectivity index (χ3n) is 5.87. The van der Waals surface area contributed by atoms with Crippen molar-refractivity contribution in [3.8, 4) is 11.5 Å². The Kier molecular flexibility index (Phi) is 8.09. The Labute approximate surface area is 207 Å². The Morgan fingerprint density at radius 1 is 1.09 bits per heavy atom. The van der Waals surface area contributed by atoms with Gasteiger partial charge in [0, 0.05) is 15.0 Å². The quantitative estimate of drug-likeness (QED) is 0.290. The van der Waals surface area contributed by atoms with Gasteiger partial charge in [0.25, 0.3) is 0 Å². The molecule has 1 atom stereocenters. The van der Waals surface area contributed by atoms with Crippen LogP contribution in [0.15, 0.2) is 42.5 Å². The molecule has 34 heavy (non-hydrogen) atoms. The van der Waals surface area contributed by atoms with Crippen LogP contribution in [0.4, 0.5) is 0 Å². The zero-order valence-electron chi connectivity index (χ0n) is 20.8. The maximum atomic E-state index is 12.1. The highest BCUT2D eigenvalue weighted by molar-refractivity contribution is 7.86. The van der Waals surface area contributed by atoms with Gasteiger partial charge in [0.2, 0.25) is 0 Å². The predicted octanol–water partition coefficient (Wildman–Crippen LogP) is 6.67. The lowest BCUT2D eigenvalue weighted by atomic mass is 9.91. The zero-order chi connectivity index (χ0) is 25.1. The van der Waals surface area contributed by atoms with Gasteiger partial charge in [-0.15, -0.1) is 11.3 Å². The van der Waals surface area contributed by atoms with Crippen molar-refractivity contribution in [3.63, 3.8) is 0 Å². The number of rotatable bonds is 10. The average molecular weight is 503 g/mol. The molecule has 0 radical (unpaired) electrons. The molecule has 3 rings (SSSR count). The Hall–Kier alpha value is -2.38. The van der Waals surface area contributed by atoms with E-state index in [0.717, 1.165) is 46.9 Å². The largest absolute Gasteiger partial charge is 0.486 e. The average Bonchev–Trinajstić information content (AvgIpc) is 3.14. The van der Waals surface area contributed by atoms with Gasteiger partial charge in [0.15, 0.2) is 5.78 Å². The molecule has 1 heterocycles. The number of carbonyl (C=O) groups excluding carboxylic acids is 1. The molecule has 2 aromatic carbocycles. The van der Waals surface area contributed by atoms with E-state index in [4.69, 9.17) is 8.92 Å². The fourth-order valence-corrected chi connectivity index (χ4v) is 5.46. The van der Waals surface area contributed by atoms with Crippen LogP contribution in [0.5, 0.6) is 11.5 Å². The van der Waals surface area contributed by atoms with Crippen LogP contribution < -0.4 is 8.92 Å². The van der Waals surface area contributed by atoms with Gasteiger partial charge in [-0.05, 0) is 78.9 Å². The number of benzene rings is 2. The fraction of sp³-hybridized carbons (Fsp3) is 0.444. The number of fused-ring (bicyclic) bond motifs is 1. The number of hydrogen-bond donors (Lipinski definition) is 0. The van der Waals surface area contributed by atoms with E-state index in [1.165, 1.54) is 10.4 Å².